The van der Waals surface area contributed by atoms with Crippen LogP contribution in [0.5, 0.6) is 0 Å². The number of aryl methyl sites for hydroxylation is 1. The highest BCUT2D eigenvalue weighted by atomic mass is 32.1. The van der Waals surface area contributed by atoms with E-state index in [0.29, 0.717) is 6.04 Å². The standard InChI is InChI=1S/C9H16N4S/c1-3-13-5-4-8(6-13)10-9-12-11-7(2)14-9/h8H,3-6H2,1-2H3,(H,10,12). The largest absolute Gasteiger partial charge is 0.356 e. The Hall–Kier alpha value is -0.680. The lowest BCUT2D eigenvalue weighted by molar-refractivity contribution is 0.356. The van der Waals surface area contributed by atoms with Crippen molar-refractivity contribution in [2.75, 3.05) is 25.0 Å². The second kappa shape index (κ2) is 4.23. The second-order valence-corrected chi connectivity index (χ2v) is 4.83. The van der Waals surface area contributed by atoms with Crippen LogP contribution in [0.2, 0.25) is 0 Å². The first-order chi connectivity index (χ1) is 6.78. The quantitative estimate of drug-likeness (QED) is 0.821. The van der Waals surface area contributed by atoms with Crippen molar-refractivity contribution in [3.63, 3.8) is 0 Å². The molecule has 1 fully saturated rings. The Balaban J connectivity index is 1.87. The van der Waals surface area contributed by atoms with E-state index in [-0.39, 0.29) is 0 Å². The van der Waals surface area contributed by atoms with Crippen LogP contribution in [0.1, 0.15) is 18.4 Å². The van der Waals surface area contributed by atoms with Crippen LogP contribution in [0.3, 0.4) is 0 Å². The molecule has 1 aliphatic rings. The fourth-order valence-electron chi connectivity index (χ4n) is 1.77. The smallest absolute Gasteiger partial charge is 0.205 e. The van der Waals surface area contributed by atoms with Gasteiger partial charge in [-0.2, -0.15) is 0 Å². The third kappa shape index (κ3) is 2.22. The summed E-state index contributed by atoms with van der Waals surface area (Å²) in [6.45, 7) is 7.67. The van der Waals surface area contributed by atoms with Gasteiger partial charge in [-0.3, -0.25) is 0 Å². The van der Waals surface area contributed by atoms with Gasteiger partial charge in [-0.25, -0.2) is 0 Å². The SMILES string of the molecule is CCN1CCC(Nc2nnc(C)s2)C1. The summed E-state index contributed by atoms with van der Waals surface area (Å²) < 4.78 is 0. The molecular formula is C9H16N4S. The van der Waals surface area contributed by atoms with Crippen LogP contribution in [0.25, 0.3) is 0 Å². The van der Waals surface area contributed by atoms with Gasteiger partial charge in [0.1, 0.15) is 5.01 Å². The van der Waals surface area contributed by atoms with Gasteiger partial charge in [0.2, 0.25) is 5.13 Å². The monoisotopic (exact) mass is 212 g/mol. The van der Waals surface area contributed by atoms with E-state index in [9.17, 15) is 0 Å². The molecule has 1 aliphatic heterocycles. The topological polar surface area (TPSA) is 41.0 Å². The van der Waals surface area contributed by atoms with Crippen molar-refractivity contribution < 1.29 is 0 Å². The lowest BCUT2D eigenvalue weighted by Crippen LogP contribution is -2.25. The van der Waals surface area contributed by atoms with Gasteiger partial charge in [-0.15, -0.1) is 10.2 Å². The lowest BCUT2D eigenvalue weighted by Gasteiger charge is -2.13. The zero-order valence-corrected chi connectivity index (χ0v) is 9.47. The van der Waals surface area contributed by atoms with E-state index in [1.807, 2.05) is 6.92 Å². The van der Waals surface area contributed by atoms with Gasteiger partial charge in [0.25, 0.3) is 0 Å². The summed E-state index contributed by atoms with van der Waals surface area (Å²) in [5, 5.41) is 13.5. The van der Waals surface area contributed by atoms with E-state index in [1.165, 1.54) is 13.0 Å². The lowest BCUT2D eigenvalue weighted by atomic mass is 10.3. The van der Waals surface area contributed by atoms with Crippen molar-refractivity contribution in [3.05, 3.63) is 5.01 Å². The number of nitrogens with one attached hydrogen (secondary N) is 1. The molecule has 0 spiro atoms. The molecule has 1 unspecified atom stereocenters. The van der Waals surface area contributed by atoms with Crippen LogP contribution in [0.15, 0.2) is 0 Å². The molecule has 2 heterocycles. The third-order valence-corrected chi connectivity index (χ3v) is 3.34. The Morgan fingerprint density at radius 1 is 1.57 bits per heavy atom. The molecule has 0 aliphatic carbocycles. The molecule has 78 valence electrons. The van der Waals surface area contributed by atoms with Gasteiger partial charge in [-0.05, 0) is 19.9 Å². The van der Waals surface area contributed by atoms with Crippen LogP contribution in [-0.4, -0.2) is 40.8 Å². The number of hydrogen-bond donors (Lipinski definition) is 1. The van der Waals surface area contributed by atoms with Crippen molar-refractivity contribution in [3.8, 4) is 0 Å². The molecule has 1 atom stereocenters. The maximum Gasteiger partial charge on any atom is 0.205 e. The molecule has 0 bridgehead atoms. The Labute approximate surface area is 88.3 Å². The Bertz CT molecular complexity index is 299. The fourth-order valence-corrected chi connectivity index (χ4v) is 2.44. The van der Waals surface area contributed by atoms with E-state index in [4.69, 9.17) is 0 Å². The van der Waals surface area contributed by atoms with Crippen LogP contribution in [0, 0.1) is 6.92 Å². The number of likely N-dealkylation sites (N-methyl/N-ethyl adjacent to an activating group) is 1. The van der Waals surface area contributed by atoms with Crippen molar-refractivity contribution in [1.29, 1.82) is 0 Å². The summed E-state index contributed by atoms with van der Waals surface area (Å²) in [6, 6.07) is 0.558. The minimum Gasteiger partial charge on any atom is -0.356 e. The van der Waals surface area contributed by atoms with Crippen LogP contribution < -0.4 is 5.32 Å². The van der Waals surface area contributed by atoms with Gasteiger partial charge in [-0.1, -0.05) is 18.3 Å². The predicted molar refractivity (Wildman–Crippen MR) is 58.8 cm³/mol. The summed E-state index contributed by atoms with van der Waals surface area (Å²) in [5.74, 6) is 0. The highest BCUT2D eigenvalue weighted by molar-refractivity contribution is 7.15. The molecule has 1 N–H and O–H groups in total. The van der Waals surface area contributed by atoms with E-state index in [1.54, 1.807) is 11.3 Å². The molecule has 4 nitrogen and oxygen atoms in total. The Morgan fingerprint density at radius 3 is 3.00 bits per heavy atom. The summed E-state index contributed by atoms with van der Waals surface area (Å²) >= 11 is 1.63. The molecule has 0 radical (unpaired) electrons. The molecular weight excluding hydrogens is 196 g/mol. The third-order valence-electron chi connectivity index (χ3n) is 2.57. The molecule has 0 aromatic carbocycles. The zero-order valence-electron chi connectivity index (χ0n) is 8.66. The van der Waals surface area contributed by atoms with E-state index >= 15 is 0 Å². The average molecular weight is 212 g/mol. The first-order valence-corrected chi connectivity index (χ1v) is 5.88. The van der Waals surface area contributed by atoms with Crippen molar-refractivity contribution >= 4 is 16.5 Å². The maximum absolute atomic E-state index is 4.07. The molecule has 5 heteroatoms. The summed E-state index contributed by atoms with van der Waals surface area (Å²) in [6.07, 6.45) is 1.21. The molecule has 2 rings (SSSR count). The van der Waals surface area contributed by atoms with Crippen molar-refractivity contribution in [2.24, 2.45) is 0 Å². The predicted octanol–water partition coefficient (Wildman–Crippen LogP) is 1.35. The number of rotatable bonds is 3. The Morgan fingerprint density at radius 2 is 2.43 bits per heavy atom. The molecule has 1 saturated heterocycles. The van der Waals surface area contributed by atoms with Crippen molar-refractivity contribution in [2.45, 2.75) is 26.3 Å². The highest BCUT2D eigenvalue weighted by Crippen LogP contribution is 2.18. The Kier molecular flexibility index (Phi) is 2.98. The van der Waals surface area contributed by atoms with Crippen LogP contribution in [-0.2, 0) is 0 Å². The number of anilines is 1. The van der Waals surface area contributed by atoms with E-state index in [2.05, 4.69) is 27.3 Å². The van der Waals surface area contributed by atoms with Crippen LogP contribution >= 0.6 is 11.3 Å². The average Bonchev–Trinajstić information content (AvgIpc) is 2.76. The molecule has 0 saturated carbocycles. The van der Waals surface area contributed by atoms with Gasteiger partial charge in [0.15, 0.2) is 0 Å². The highest BCUT2D eigenvalue weighted by Gasteiger charge is 2.21. The second-order valence-electron chi connectivity index (χ2n) is 3.65. The summed E-state index contributed by atoms with van der Waals surface area (Å²) in [7, 11) is 0. The molecule has 14 heavy (non-hydrogen) atoms. The molecule has 1 aromatic heterocycles. The van der Waals surface area contributed by atoms with Gasteiger partial charge in [0, 0.05) is 19.1 Å². The zero-order chi connectivity index (χ0) is 9.97. The maximum atomic E-state index is 4.07. The first kappa shape index (κ1) is 9.86. The minimum absolute atomic E-state index is 0.558. The molecule has 0 amide bonds. The summed E-state index contributed by atoms with van der Waals surface area (Å²) in [5.41, 5.74) is 0. The number of hydrogen-bond acceptors (Lipinski definition) is 5. The van der Waals surface area contributed by atoms with Gasteiger partial charge in [0.05, 0.1) is 0 Å². The summed E-state index contributed by atoms with van der Waals surface area (Å²) in [4.78, 5) is 2.45. The van der Waals surface area contributed by atoms with E-state index in [0.717, 1.165) is 23.2 Å². The fraction of sp³-hybridized carbons (Fsp3) is 0.778. The van der Waals surface area contributed by atoms with Gasteiger partial charge < -0.3 is 10.2 Å². The minimum atomic E-state index is 0.558. The molecule has 1 aromatic rings. The number of aromatic nitrogens is 2. The number of likely N-dealkylation sites (tertiary alicyclic amines) is 1. The van der Waals surface area contributed by atoms with E-state index < -0.39 is 0 Å². The normalized spacial score (nSPS) is 22.9. The van der Waals surface area contributed by atoms with Crippen molar-refractivity contribution in [1.82, 2.24) is 15.1 Å². The van der Waals surface area contributed by atoms with Gasteiger partial charge >= 0.3 is 0 Å². The first-order valence-electron chi connectivity index (χ1n) is 5.07. The number of nitrogens with zero attached hydrogens (tertiary/aromatic N) is 3. The van der Waals surface area contributed by atoms with Crippen LogP contribution in [0.4, 0.5) is 5.13 Å².